The van der Waals surface area contributed by atoms with Crippen LogP contribution >= 0.6 is 11.3 Å². The molecule has 0 unspecified atom stereocenters. The number of hydrogen-bond donors (Lipinski definition) is 0. The van der Waals surface area contributed by atoms with E-state index >= 15 is 0 Å². The molecule has 2 nitrogen and oxygen atoms in total. The fraction of sp³-hybridized carbons (Fsp3) is 0.529. The molecule has 0 amide bonds. The topological polar surface area (TPSA) is 25.8 Å². The maximum absolute atomic E-state index is 5.03. The molecular weight excluding hydrogens is 292 g/mol. The highest BCUT2D eigenvalue weighted by Crippen LogP contribution is 2.42. The lowest BCUT2D eigenvalue weighted by Crippen LogP contribution is -2.55. The first kappa shape index (κ1) is 16.4. The second-order valence-electron chi connectivity index (χ2n) is 6.70. The largest absolute Gasteiger partial charge is 0.262 e. The molecule has 0 saturated heterocycles. The Hall–Kier alpha value is -1.00. The molecule has 0 aromatic carbocycles. The highest BCUT2D eigenvalue weighted by Gasteiger charge is 2.47. The molecule has 2 aromatic rings. The number of hydrogen-bond acceptors (Lipinski definition) is 3. The fourth-order valence-corrected chi connectivity index (χ4v) is 13.7. The predicted molar refractivity (Wildman–Crippen MR) is 98.2 cm³/mol. The second-order valence-corrected chi connectivity index (χ2v) is 13.9. The van der Waals surface area contributed by atoms with Crippen molar-refractivity contribution in [1.29, 1.82) is 0 Å². The summed E-state index contributed by atoms with van der Waals surface area (Å²) in [7, 11) is -1.68. The van der Waals surface area contributed by atoms with Gasteiger partial charge in [0, 0.05) is 11.8 Å². The third-order valence-electron chi connectivity index (χ3n) is 4.78. The molecule has 0 fully saturated rings. The molecule has 0 aliphatic rings. The van der Waals surface area contributed by atoms with Crippen molar-refractivity contribution in [3.8, 4) is 0 Å². The Morgan fingerprint density at radius 1 is 1.05 bits per heavy atom. The number of aromatic nitrogens is 2. The Morgan fingerprint density at radius 2 is 1.62 bits per heavy atom. The molecule has 0 N–H and O–H groups in total. The van der Waals surface area contributed by atoms with E-state index in [9.17, 15) is 0 Å². The quantitative estimate of drug-likeness (QED) is 0.706. The van der Waals surface area contributed by atoms with E-state index in [0.717, 1.165) is 11.1 Å². The van der Waals surface area contributed by atoms with Crippen molar-refractivity contribution in [2.75, 3.05) is 0 Å². The van der Waals surface area contributed by atoms with Crippen LogP contribution in [0.3, 0.4) is 0 Å². The summed E-state index contributed by atoms with van der Waals surface area (Å²) in [4.78, 5) is 9.33. The molecule has 0 atom stereocenters. The lowest BCUT2D eigenvalue weighted by atomic mass is 10.3. The van der Waals surface area contributed by atoms with Crippen LogP contribution in [0.5, 0.6) is 0 Å². The van der Waals surface area contributed by atoms with Gasteiger partial charge in [-0.3, -0.25) is 4.98 Å². The zero-order chi connectivity index (χ0) is 15.8. The van der Waals surface area contributed by atoms with Crippen molar-refractivity contribution >= 4 is 40.3 Å². The molecule has 114 valence electrons. The standard InChI is InChI=1S/C17H26N2SSi/c1-8-14-9-18-10-15-16(14)20-17(19-15)21(11(2)3,12(4)5)13(6)7/h8-13H,1H2,2-7H3. The Balaban J connectivity index is 2.74. The summed E-state index contributed by atoms with van der Waals surface area (Å²) in [6, 6.07) is 0. The number of nitrogens with zero attached hydrogens (tertiary/aromatic N) is 2. The van der Waals surface area contributed by atoms with Crippen LogP contribution < -0.4 is 4.63 Å². The van der Waals surface area contributed by atoms with Crippen molar-refractivity contribution in [2.45, 2.75) is 58.2 Å². The Labute approximate surface area is 133 Å². The van der Waals surface area contributed by atoms with Crippen molar-refractivity contribution < 1.29 is 0 Å². The Kier molecular flexibility index (Phi) is 4.68. The first-order valence-corrected chi connectivity index (χ1v) is 10.8. The average Bonchev–Trinajstić information content (AvgIpc) is 2.81. The molecule has 2 aromatic heterocycles. The minimum Gasteiger partial charge on any atom is -0.262 e. The van der Waals surface area contributed by atoms with Crippen LogP contribution in [-0.4, -0.2) is 18.0 Å². The lowest BCUT2D eigenvalue weighted by Gasteiger charge is -2.41. The zero-order valence-electron chi connectivity index (χ0n) is 14.0. The van der Waals surface area contributed by atoms with E-state index in [4.69, 9.17) is 4.98 Å². The highest BCUT2D eigenvalue weighted by molar-refractivity contribution is 7.31. The van der Waals surface area contributed by atoms with E-state index in [-0.39, 0.29) is 0 Å². The van der Waals surface area contributed by atoms with E-state index in [1.807, 2.05) is 29.8 Å². The summed E-state index contributed by atoms with van der Waals surface area (Å²) in [5, 5.41) is 0. The maximum Gasteiger partial charge on any atom is 0.131 e. The van der Waals surface area contributed by atoms with Crippen LogP contribution in [0.1, 0.15) is 47.1 Å². The average molecular weight is 319 g/mol. The van der Waals surface area contributed by atoms with Crippen molar-refractivity contribution in [3.63, 3.8) is 0 Å². The molecule has 21 heavy (non-hydrogen) atoms. The van der Waals surface area contributed by atoms with E-state index in [1.165, 1.54) is 9.33 Å². The van der Waals surface area contributed by atoms with Crippen LogP contribution in [0.15, 0.2) is 19.0 Å². The molecule has 0 aliphatic carbocycles. The summed E-state index contributed by atoms with van der Waals surface area (Å²) in [5.41, 5.74) is 4.18. The van der Waals surface area contributed by atoms with Gasteiger partial charge in [0.15, 0.2) is 0 Å². The maximum atomic E-state index is 5.03. The van der Waals surface area contributed by atoms with Crippen LogP contribution in [0, 0.1) is 0 Å². The van der Waals surface area contributed by atoms with Crippen LogP contribution in [0.25, 0.3) is 16.3 Å². The number of pyridine rings is 1. The van der Waals surface area contributed by atoms with E-state index in [0.29, 0.717) is 16.6 Å². The van der Waals surface area contributed by atoms with Gasteiger partial charge in [-0.2, -0.15) is 0 Å². The van der Waals surface area contributed by atoms with Crippen LogP contribution in [0.2, 0.25) is 16.6 Å². The van der Waals surface area contributed by atoms with E-state index < -0.39 is 8.07 Å². The fourth-order valence-electron chi connectivity index (χ4n) is 3.94. The SMILES string of the molecule is C=Cc1cncc2nc([Si](C(C)C)(C(C)C)C(C)C)sc12. The van der Waals surface area contributed by atoms with Gasteiger partial charge in [0.1, 0.15) is 8.07 Å². The molecule has 0 radical (unpaired) electrons. The van der Waals surface area contributed by atoms with Crippen LogP contribution in [0.4, 0.5) is 0 Å². The third kappa shape index (κ3) is 2.48. The van der Waals surface area contributed by atoms with E-state index in [2.05, 4.69) is 53.1 Å². The molecule has 0 bridgehead atoms. The minimum absolute atomic E-state index is 0.679. The smallest absolute Gasteiger partial charge is 0.131 e. The summed E-state index contributed by atoms with van der Waals surface area (Å²) < 4.78 is 2.63. The lowest BCUT2D eigenvalue weighted by molar-refractivity contribution is 0.834. The van der Waals surface area contributed by atoms with Gasteiger partial charge in [0.05, 0.1) is 21.0 Å². The number of fused-ring (bicyclic) bond motifs is 1. The van der Waals surface area contributed by atoms with Gasteiger partial charge < -0.3 is 0 Å². The molecule has 0 spiro atoms. The summed E-state index contributed by atoms with van der Waals surface area (Å²) >= 11 is 1.88. The van der Waals surface area contributed by atoms with Crippen molar-refractivity contribution in [3.05, 3.63) is 24.5 Å². The summed E-state index contributed by atoms with van der Waals surface area (Å²) in [5.74, 6) is 0. The van der Waals surface area contributed by atoms with Crippen LogP contribution in [-0.2, 0) is 0 Å². The predicted octanol–water partition coefficient (Wildman–Crippen LogP) is 5.22. The Morgan fingerprint density at radius 3 is 2.10 bits per heavy atom. The molecule has 4 heteroatoms. The monoisotopic (exact) mass is 318 g/mol. The molecule has 0 saturated carbocycles. The Bertz CT molecular complexity index is 622. The van der Waals surface area contributed by atoms with E-state index in [1.54, 1.807) is 0 Å². The minimum atomic E-state index is -1.68. The summed E-state index contributed by atoms with van der Waals surface area (Å²) in [6.45, 7) is 18.2. The zero-order valence-corrected chi connectivity index (χ0v) is 15.8. The molecule has 0 aliphatic heterocycles. The van der Waals surface area contributed by atoms with Gasteiger partial charge in [-0.25, -0.2) is 4.98 Å². The van der Waals surface area contributed by atoms with Gasteiger partial charge >= 0.3 is 0 Å². The van der Waals surface area contributed by atoms with Crippen molar-refractivity contribution in [2.24, 2.45) is 0 Å². The third-order valence-corrected chi connectivity index (χ3v) is 13.7. The number of thiazole rings is 1. The van der Waals surface area contributed by atoms with Gasteiger partial charge in [0.25, 0.3) is 0 Å². The van der Waals surface area contributed by atoms with Gasteiger partial charge in [-0.1, -0.05) is 54.2 Å². The van der Waals surface area contributed by atoms with Gasteiger partial charge in [0.2, 0.25) is 0 Å². The highest BCUT2D eigenvalue weighted by atomic mass is 32.1. The normalized spacial score (nSPS) is 12.8. The van der Waals surface area contributed by atoms with Crippen molar-refractivity contribution in [1.82, 2.24) is 9.97 Å². The first-order valence-electron chi connectivity index (χ1n) is 7.73. The second kappa shape index (κ2) is 6.01. The molecule has 2 rings (SSSR count). The van der Waals surface area contributed by atoms with Gasteiger partial charge in [-0.05, 0) is 16.6 Å². The molecule has 2 heterocycles. The van der Waals surface area contributed by atoms with Gasteiger partial charge in [-0.15, -0.1) is 11.3 Å². The number of rotatable bonds is 5. The molecular formula is C17H26N2SSi. The first-order chi connectivity index (χ1) is 9.85. The summed E-state index contributed by atoms with van der Waals surface area (Å²) in [6.07, 6.45) is 5.67.